The van der Waals surface area contributed by atoms with Gasteiger partial charge in [0, 0.05) is 18.5 Å². The van der Waals surface area contributed by atoms with Gasteiger partial charge in [-0.15, -0.1) is 0 Å². The van der Waals surface area contributed by atoms with Crippen LogP contribution in [0.1, 0.15) is 18.5 Å². The summed E-state index contributed by atoms with van der Waals surface area (Å²) in [4.78, 5) is 14.5. The Morgan fingerprint density at radius 3 is 2.24 bits per heavy atom. The average Bonchev–Trinajstić information content (AvgIpc) is 2.60. The summed E-state index contributed by atoms with van der Waals surface area (Å²) in [7, 11) is 5.83. The molecule has 0 spiro atoms. The van der Waals surface area contributed by atoms with Gasteiger partial charge in [-0.2, -0.15) is 5.10 Å². The largest absolute Gasteiger partial charge is 0.364 e. The maximum Gasteiger partial charge on any atom is 0.274 e. The lowest BCUT2D eigenvalue weighted by atomic mass is 9.99. The Kier molecular flexibility index (Phi) is 4.86. The number of nitrogens with one attached hydrogen (secondary N) is 1. The summed E-state index contributed by atoms with van der Waals surface area (Å²) < 4.78 is 1.39. The van der Waals surface area contributed by atoms with Gasteiger partial charge in [-0.25, -0.2) is 4.68 Å². The van der Waals surface area contributed by atoms with Crippen LogP contribution in [0, 0.1) is 0 Å². The van der Waals surface area contributed by atoms with E-state index >= 15 is 0 Å². The van der Waals surface area contributed by atoms with Crippen molar-refractivity contribution in [2.75, 3.05) is 19.4 Å². The fourth-order valence-corrected chi connectivity index (χ4v) is 3.39. The van der Waals surface area contributed by atoms with Crippen molar-refractivity contribution in [3.63, 3.8) is 0 Å². The Bertz CT molecular complexity index is 918. The van der Waals surface area contributed by atoms with Crippen LogP contribution in [-0.2, 0) is 7.05 Å². The van der Waals surface area contributed by atoms with Gasteiger partial charge in [0.25, 0.3) is 5.56 Å². The van der Waals surface area contributed by atoms with Gasteiger partial charge in [0.05, 0.1) is 11.4 Å². The van der Waals surface area contributed by atoms with Gasteiger partial charge < -0.3 is 10.2 Å². The van der Waals surface area contributed by atoms with Crippen LogP contribution in [0.15, 0.2) is 59.4 Å². The van der Waals surface area contributed by atoms with Gasteiger partial charge in [0.1, 0.15) is 0 Å². The highest BCUT2D eigenvalue weighted by Gasteiger charge is 2.22. The minimum atomic E-state index is -0.0824. The first-order chi connectivity index (χ1) is 12.0. The van der Waals surface area contributed by atoms with Crippen molar-refractivity contribution in [2.24, 2.45) is 7.05 Å². The number of rotatable bonds is 5. The molecule has 130 valence electrons. The van der Waals surface area contributed by atoms with Gasteiger partial charge in [-0.05, 0) is 32.6 Å². The molecule has 0 saturated carbocycles. The normalized spacial score (nSPS) is 13.8. The van der Waals surface area contributed by atoms with Crippen LogP contribution >= 0.6 is 0 Å². The quantitative estimate of drug-likeness (QED) is 0.778. The third kappa shape index (κ3) is 3.42. The van der Waals surface area contributed by atoms with Gasteiger partial charge in [0.2, 0.25) is 0 Å². The number of aromatic nitrogens is 2. The van der Waals surface area contributed by atoms with E-state index in [0.29, 0.717) is 5.39 Å². The van der Waals surface area contributed by atoms with Crippen LogP contribution in [0.25, 0.3) is 10.8 Å². The molecule has 25 heavy (non-hydrogen) atoms. The number of hydrogen-bond acceptors (Lipinski definition) is 4. The molecule has 0 amide bonds. The smallest absolute Gasteiger partial charge is 0.274 e. The molecule has 0 fully saturated rings. The van der Waals surface area contributed by atoms with Crippen molar-refractivity contribution < 1.29 is 0 Å². The summed E-state index contributed by atoms with van der Waals surface area (Å²) in [6.07, 6.45) is 0. The number of benzene rings is 2. The second kappa shape index (κ2) is 7.07. The molecule has 2 atom stereocenters. The highest BCUT2D eigenvalue weighted by Crippen LogP contribution is 2.26. The highest BCUT2D eigenvalue weighted by molar-refractivity contribution is 5.90. The molecule has 0 unspecified atom stereocenters. The van der Waals surface area contributed by atoms with E-state index in [1.54, 1.807) is 7.05 Å². The van der Waals surface area contributed by atoms with Crippen molar-refractivity contribution in [3.8, 4) is 0 Å². The predicted octanol–water partition coefficient (Wildman–Crippen LogP) is 3.04. The van der Waals surface area contributed by atoms with Crippen molar-refractivity contribution in [3.05, 3.63) is 70.5 Å². The third-order valence-electron chi connectivity index (χ3n) is 4.49. The van der Waals surface area contributed by atoms with E-state index < -0.39 is 0 Å². The summed E-state index contributed by atoms with van der Waals surface area (Å²) in [5.74, 6) is 0.730. The molecule has 0 aliphatic rings. The van der Waals surface area contributed by atoms with Gasteiger partial charge in [-0.3, -0.25) is 4.79 Å². The van der Waals surface area contributed by atoms with Gasteiger partial charge >= 0.3 is 0 Å². The maximum absolute atomic E-state index is 12.3. The first-order valence-electron chi connectivity index (χ1n) is 8.43. The lowest BCUT2D eigenvalue weighted by molar-refractivity contribution is 0.275. The number of nitrogens with zero attached hydrogens (tertiary/aromatic N) is 3. The topological polar surface area (TPSA) is 50.2 Å². The highest BCUT2D eigenvalue weighted by atomic mass is 16.1. The monoisotopic (exact) mass is 336 g/mol. The molecule has 0 radical (unpaired) electrons. The number of anilines is 1. The molecular formula is C20H24N4O. The second-order valence-corrected chi connectivity index (χ2v) is 6.58. The molecule has 1 N–H and O–H groups in total. The Balaban J connectivity index is 2.00. The van der Waals surface area contributed by atoms with Crippen LogP contribution in [0.3, 0.4) is 0 Å². The summed E-state index contributed by atoms with van der Waals surface area (Å²) in [6, 6.07) is 18.3. The standard InChI is InChI=1S/C20H24N4O/c1-14(18(23(2)3)15-10-6-5-7-11-15)21-19-16-12-8-9-13-17(16)20(25)24(4)22-19/h5-14,18H,1-4H3,(H,21,22)/t14-,18+/m1/s1. The Labute approximate surface area is 147 Å². The van der Waals surface area contributed by atoms with Crippen LogP contribution in [0.2, 0.25) is 0 Å². The van der Waals surface area contributed by atoms with E-state index in [4.69, 9.17) is 0 Å². The molecule has 1 heterocycles. The molecule has 3 rings (SSSR count). The first kappa shape index (κ1) is 17.2. The Morgan fingerprint density at radius 2 is 1.60 bits per heavy atom. The molecule has 5 nitrogen and oxygen atoms in total. The number of aryl methyl sites for hydroxylation is 1. The van der Waals surface area contributed by atoms with Crippen LogP contribution in [0.5, 0.6) is 0 Å². The second-order valence-electron chi connectivity index (χ2n) is 6.58. The van der Waals surface area contributed by atoms with E-state index in [1.807, 2.05) is 30.3 Å². The zero-order valence-electron chi connectivity index (χ0n) is 15.1. The van der Waals surface area contributed by atoms with Crippen LogP contribution in [0.4, 0.5) is 5.82 Å². The number of likely N-dealkylation sites (N-methyl/N-ethyl adjacent to an activating group) is 1. The predicted molar refractivity (Wildman–Crippen MR) is 103 cm³/mol. The molecule has 0 aliphatic heterocycles. The van der Waals surface area contributed by atoms with E-state index in [2.05, 4.69) is 60.6 Å². The molecule has 2 aromatic carbocycles. The molecule has 0 saturated heterocycles. The van der Waals surface area contributed by atoms with Crippen LogP contribution in [-0.4, -0.2) is 34.8 Å². The Hall–Kier alpha value is -2.66. The molecule has 1 aromatic heterocycles. The Morgan fingerprint density at radius 1 is 1.00 bits per heavy atom. The van der Waals surface area contributed by atoms with Crippen molar-refractivity contribution in [1.82, 2.24) is 14.7 Å². The molecule has 0 aliphatic carbocycles. The number of hydrogen-bond donors (Lipinski definition) is 1. The first-order valence-corrected chi connectivity index (χ1v) is 8.43. The number of fused-ring (bicyclic) bond motifs is 1. The lowest BCUT2D eigenvalue weighted by Gasteiger charge is -2.31. The van der Waals surface area contributed by atoms with Gasteiger partial charge in [0.15, 0.2) is 5.82 Å². The van der Waals surface area contributed by atoms with E-state index in [1.165, 1.54) is 10.2 Å². The zero-order valence-corrected chi connectivity index (χ0v) is 15.1. The SMILES string of the molecule is C[C@@H](Nc1nn(C)c(=O)c2ccccc12)[C@@H](c1ccccc1)N(C)C. The average molecular weight is 336 g/mol. The summed E-state index contributed by atoms with van der Waals surface area (Å²) in [6.45, 7) is 2.14. The minimum absolute atomic E-state index is 0.0824. The third-order valence-corrected chi connectivity index (χ3v) is 4.49. The molecular weight excluding hydrogens is 312 g/mol. The minimum Gasteiger partial charge on any atom is -0.364 e. The lowest BCUT2D eigenvalue weighted by Crippen LogP contribution is -2.35. The van der Waals surface area contributed by atoms with E-state index in [9.17, 15) is 4.79 Å². The van der Waals surface area contributed by atoms with Crippen molar-refractivity contribution in [1.29, 1.82) is 0 Å². The summed E-state index contributed by atoms with van der Waals surface area (Å²) in [5.41, 5.74) is 1.16. The fourth-order valence-electron chi connectivity index (χ4n) is 3.39. The van der Waals surface area contributed by atoms with Crippen LogP contribution < -0.4 is 10.9 Å². The fraction of sp³-hybridized carbons (Fsp3) is 0.300. The summed E-state index contributed by atoms with van der Waals surface area (Å²) in [5, 5.41) is 9.50. The zero-order chi connectivity index (χ0) is 18.0. The van der Waals surface area contributed by atoms with Gasteiger partial charge in [-0.1, -0.05) is 48.5 Å². The van der Waals surface area contributed by atoms with E-state index in [-0.39, 0.29) is 17.6 Å². The van der Waals surface area contributed by atoms with E-state index in [0.717, 1.165) is 11.2 Å². The summed E-state index contributed by atoms with van der Waals surface area (Å²) >= 11 is 0. The van der Waals surface area contributed by atoms with Crippen molar-refractivity contribution >= 4 is 16.6 Å². The molecule has 3 aromatic rings. The maximum atomic E-state index is 12.3. The molecule has 5 heteroatoms. The molecule has 0 bridgehead atoms. The van der Waals surface area contributed by atoms with Crippen molar-refractivity contribution in [2.45, 2.75) is 19.0 Å².